The van der Waals surface area contributed by atoms with Crippen LogP contribution in [0.4, 0.5) is 0 Å². The van der Waals surface area contributed by atoms with Crippen LogP contribution in [0.25, 0.3) is 0 Å². The van der Waals surface area contributed by atoms with E-state index < -0.39 is 6.04 Å². The molecule has 0 aromatic rings. The van der Waals surface area contributed by atoms with Crippen molar-refractivity contribution in [3.63, 3.8) is 0 Å². The predicted octanol–water partition coefficient (Wildman–Crippen LogP) is 0.687. The van der Waals surface area contributed by atoms with E-state index in [1.165, 1.54) is 0 Å². The highest BCUT2D eigenvalue weighted by molar-refractivity contribution is 5.85. The third-order valence-corrected chi connectivity index (χ3v) is 2.57. The summed E-state index contributed by atoms with van der Waals surface area (Å²) in [6, 6.07) is -0.410. The van der Waals surface area contributed by atoms with Crippen molar-refractivity contribution in [1.29, 1.82) is 0 Å². The summed E-state index contributed by atoms with van der Waals surface area (Å²) in [4.78, 5) is 11.2. The van der Waals surface area contributed by atoms with Crippen molar-refractivity contribution in [3.8, 4) is 0 Å². The van der Waals surface area contributed by atoms with Crippen molar-refractivity contribution in [1.82, 2.24) is 5.32 Å². The number of halogens is 1. The topological polar surface area (TPSA) is 64.4 Å². The molecule has 0 bridgehead atoms. The van der Waals surface area contributed by atoms with Gasteiger partial charge in [-0.3, -0.25) is 4.79 Å². The first-order valence-electron chi connectivity index (χ1n) is 5.24. The Morgan fingerprint density at radius 2 is 2.33 bits per heavy atom. The van der Waals surface area contributed by atoms with Crippen LogP contribution in [0.5, 0.6) is 0 Å². The van der Waals surface area contributed by atoms with Gasteiger partial charge in [-0.1, -0.05) is 0 Å². The minimum absolute atomic E-state index is 0. The van der Waals surface area contributed by atoms with Gasteiger partial charge in [-0.05, 0) is 32.6 Å². The minimum atomic E-state index is -0.410. The van der Waals surface area contributed by atoms with Gasteiger partial charge in [-0.2, -0.15) is 0 Å². The molecule has 0 aromatic carbocycles. The fourth-order valence-electron chi connectivity index (χ4n) is 1.68. The van der Waals surface area contributed by atoms with Gasteiger partial charge in [0.25, 0.3) is 0 Å². The van der Waals surface area contributed by atoms with Crippen molar-refractivity contribution in [2.75, 3.05) is 13.2 Å². The molecule has 0 aromatic heterocycles. The lowest BCUT2D eigenvalue weighted by molar-refractivity contribution is -0.122. The summed E-state index contributed by atoms with van der Waals surface area (Å²) in [5.41, 5.74) is 5.44. The minimum Gasteiger partial charge on any atom is -0.378 e. The van der Waals surface area contributed by atoms with E-state index in [4.69, 9.17) is 10.5 Å². The molecular formula is C10H21ClN2O2. The van der Waals surface area contributed by atoms with E-state index >= 15 is 0 Å². The fourth-order valence-corrected chi connectivity index (χ4v) is 1.68. The third-order valence-electron chi connectivity index (χ3n) is 2.57. The van der Waals surface area contributed by atoms with Gasteiger partial charge < -0.3 is 15.8 Å². The van der Waals surface area contributed by atoms with Crippen LogP contribution < -0.4 is 11.1 Å². The molecule has 3 N–H and O–H groups in total. The van der Waals surface area contributed by atoms with Gasteiger partial charge in [0.15, 0.2) is 0 Å². The molecule has 1 rings (SSSR count). The van der Waals surface area contributed by atoms with E-state index in [-0.39, 0.29) is 18.3 Å². The van der Waals surface area contributed by atoms with Crippen molar-refractivity contribution < 1.29 is 9.53 Å². The maximum Gasteiger partial charge on any atom is 0.236 e. The molecule has 1 saturated heterocycles. The van der Waals surface area contributed by atoms with Crippen molar-refractivity contribution in [2.24, 2.45) is 11.7 Å². The van der Waals surface area contributed by atoms with Gasteiger partial charge in [0, 0.05) is 13.2 Å². The molecule has 4 nitrogen and oxygen atoms in total. The zero-order valence-electron chi connectivity index (χ0n) is 9.36. The van der Waals surface area contributed by atoms with Gasteiger partial charge in [-0.15, -0.1) is 12.4 Å². The summed E-state index contributed by atoms with van der Waals surface area (Å²) in [5, 5.41) is 2.85. The molecule has 1 fully saturated rings. The number of ether oxygens (including phenoxy) is 1. The Morgan fingerprint density at radius 3 is 2.87 bits per heavy atom. The molecule has 1 aliphatic rings. The standard InChI is InChI=1S/C10H20N2O2.ClH/c1-7-5-9(3-4-14-7)6-12-10(13)8(2)11;/h7-9H,3-6,11H2,1-2H3,(H,12,13);1H/t7?,8-,9?;/m1./s1. The normalized spacial score (nSPS) is 27.7. The quantitative estimate of drug-likeness (QED) is 0.758. The number of carbonyl (C=O) groups excluding carboxylic acids is 1. The predicted molar refractivity (Wildman–Crippen MR) is 62.0 cm³/mol. The van der Waals surface area contributed by atoms with E-state index in [2.05, 4.69) is 12.2 Å². The van der Waals surface area contributed by atoms with Crippen LogP contribution >= 0.6 is 12.4 Å². The summed E-state index contributed by atoms with van der Waals surface area (Å²) >= 11 is 0. The van der Waals surface area contributed by atoms with E-state index in [9.17, 15) is 4.79 Å². The highest BCUT2D eigenvalue weighted by Gasteiger charge is 2.20. The second-order valence-corrected chi connectivity index (χ2v) is 4.11. The molecular weight excluding hydrogens is 216 g/mol. The van der Waals surface area contributed by atoms with Gasteiger partial charge >= 0.3 is 0 Å². The summed E-state index contributed by atoms with van der Waals surface area (Å²) in [7, 11) is 0. The number of nitrogens with one attached hydrogen (secondary N) is 1. The average molecular weight is 237 g/mol. The Bertz CT molecular complexity index is 200. The monoisotopic (exact) mass is 236 g/mol. The zero-order valence-corrected chi connectivity index (χ0v) is 10.2. The molecule has 90 valence electrons. The molecule has 0 spiro atoms. The number of carbonyl (C=O) groups is 1. The first kappa shape index (κ1) is 14.7. The SMILES string of the molecule is CC1CC(CNC(=O)[C@@H](C)N)CCO1.Cl. The molecule has 2 unspecified atom stereocenters. The van der Waals surface area contributed by atoms with Crippen LogP contribution in [0.15, 0.2) is 0 Å². The number of nitrogens with two attached hydrogens (primary N) is 1. The molecule has 3 atom stereocenters. The first-order chi connectivity index (χ1) is 6.59. The third kappa shape index (κ3) is 5.35. The van der Waals surface area contributed by atoms with Crippen LogP contribution in [0.3, 0.4) is 0 Å². The molecule has 15 heavy (non-hydrogen) atoms. The summed E-state index contributed by atoms with van der Waals surface area (Å²) in [6.45, 7) is 5.30. The smallest absolute Gasteiger partial charge is 0.236 e. The lowest BCUT2D eigenvalue weighted by Gasteiger charge is -2.27. The lowest BCUT2D eigenvalue weighted by Crippen LogP contribution is -2.41. The number of hydrogen-bond acceptors (Lipinski definition) is 3. The number of amides is 1. The lowest BCUT2D eigenvalue weighted by atomic mass is 9.96. The summed E-state index contributed by atoms with van der Waals surface area (Å²) in [6.07, 6.45) is 2.38. The maximum atomic E-state index is 11.2. The molecule has 1 amide bonds. The van der Waals surface area contributed by atoms with Crippen LogP contribution in [-0.2, 0) is 9.53 Å². The molecule has 5 heteroatoms. The Kier molecular flexibility index (Phi) is 6.89. The van der Waals surface area contributed by atoms with Crippen molar-refractivity contribution >= 4 is 18.3 Å². The van der Waals surface area contributed by atoms with Crippen LogP contribution in [0.2, 0.25) is 0 Å². The molecule has 1 aliphatic heterocycles. The molecule has 0 radical (unpaired) electrons. The van der Waals surface area contributed by atoms with Gasteiger partial charge in [0.1, 0.15) is 0 Å². The highest BCUT2D eigenvalue weighted by Crippen LogP contribution is 2.18. The molecule has 0 aliphatic carbocycles. The van der Waals surface area contributed by atoms with Gasteiger partial charge in [0.05, 0.1) is 12.1 Å². The van der Waals surface area contributed by atoms with Crippen LogP contribution in [-0.4, -0.2) is 31.2 Å². The Hall–Kier alpha value is -0.320. The van der Waals surface area contributed by atoms with E-state index in [1.54, 1.807) is 6.92 Å². The number of hydrogen-bond donors (Lipinski definition) is 2. The number of rotatable bonds is 3. The Balaban J connectivity index is 0.00000196. The second kappa shape index (κ2) is 7.04. The van der Waals surface area contributed by atoms with Crippen LogP contribution in [0.1, 0.15) is 26.7 Å². The Labute approximate surface area is 97.3 Å². The highest BCUT2D eigenvalue weighted by atomic mass is 35.5. The van der Waals surface area contributed by atoms with E-state index in [0.717, 1.165) is 26.0 Å². The van der Waals surface area contributed by atoms with Gasteiger partial charge in [-0.25, -0.2) is 0 Å². The summed E-state index contributed by atoms with van der Waals surface area (Å²) in [5.74, 6) is 0.477. The largest absolute Gasteiger partial charge is 0.378 e. The second-order valence-electron chi connectivity index (χ2n) is 4.11. The average Bonchev–Trinajstić information content (AvgIpc) is 2.14. The fraction of sp³-hybridized carbons (Fsp3) is 0.900. The van der Waals surface area contributed by atoms with E-state index in [1.807, 2.05) is 0 Å². The first-order valence-corrected chi connectivity index (χ1v) is 5.24. The van der Waals surface area contributed by atoms with E-state index in [0.29, 0.717) is 12.0 Å². The maximum absolute atomic E-state index is 11.2. The zero-order chi connectivity index (χ0) is 10.6. The molecule has 0 saturated carbocycles. The Morgan fingerprint density at radius 1 is 1.67 bits per heavy atom. The summed E-state index contributed by atoms with van der Waals surface area (Å²) < 4.78 is 5.42. The van der Waals surface area contributed by atoms with Gasteiger partial charge in [0.2, 0.25) is 5.91 Å². The van der Waals surface area contributed by atoms with Crippen molar-refractivity contribution in [3.05, 3.63) is 0 Å². The van der Waals surface area contributed by atoms with Crippen molar-refractivity contribution in [2.45, 2.75) is 38.8 Å². The van der Waals surface area contributed by atoms with Crippen LogP contribution in [0, 0.1) is 5.92 Å². The molecule has 1 heterocycles.